The van der Waals surface area contributed by atoms with Gasteiger partial charge in [-0.05, 0) is 28.8 Å². The van der Waals surface area contributed by atoms with Gasteiger partial charge in [-0.1, -0.05) is 72.8 Å². The lowest BCUT2D eigenvalue weighted by atomic mass is 10.0. The second kappa shape index (κ2) is 8.41. The number of hydrogen-bond donors (Lipinski definition) is 1. The number of benzene rings is 3. The van der Waals surface area contributed by atoms with Gasteiger partial charge < -0.3 is 5.11 Å². The smallest absolute Gasteiger partial charge is 0.325 e. The average Bonchev–Trinajstić information content (AvgIpc) is 2.65. The van der Waals surface area contributed by atoms with Crippen molar-refractivity contribution >= 4 is 5.97 Å². The maximum atomic E-state index is 13.3. The first kappa shape index (κ1) is 17.8. The van der Waals surface area contributed by atoms with Crippen LogP contribution in [-0.2, 0) is 17.9 Å². The van der Waals surface area contributed by atoms with E-state index in [4.69, 9.17) is 0 Å². The fraction of sp³-hybridized carbons (Fsp3) is 0.136. The zero-order valence-corrected chi connectivity index (χ0v) is 14.3. The van der Waals surface area contributed by atoms with Crippen molar-refractivity contribution in [2.45, 2.75) is 19.1 Å². The van der Waals surface area contributed by atoms with Crippen molar-refractivity contribution in [2.75, 3.05) is 0 Å². The summed E-state index contributed by atoms with van der Waals surface area (Å²) < 4.78 is 13.3. The second-order valence-electron chi connectivity index (χ2n) is 6.17. The molecule has 1 atom stereocenters. The highest BCUT2D eigenvalue weighted by atomic mass is 19.1. The molecule has 0 radical (unpaired) electrons. The minimum atomic E-state index is -0.955. The summed E-state index contributed by atoms with van der Waals surface area (Å²) in [6.45, 7) is 0.953. The van der Waals surface area contributed by atoms with E-state index in [1.165, 1.54) is 24.3 Å². The Morgan fingerprint density at radius 2 is 1.27 bits per heavy atom. The van der Waals surface area contributed by atoms with E-state index in [0.717, 1.165) is 11.1 Å². The molecule has 132 valence electrons. The normalized spacial score (nSPS) is 12.1. The Hall–Kier alpha value is -2.98. The van der Waals surface area contributed by atoms with Gasteiger partial charge in [0.05, 0.1) is 0 Å². The third-order valence-electron chi connectivity index (χ3n) is 4.24. The molecule has 0 spiro atoms. The summed E-state index contributed by atoms with van der Waals surface area (Å²) in [7, 11) is 0. The Morgan fingerprint density at radius 1 is 0.808 bits per heavy atom. The third kappa shape index (κ3) is 4.55. The van der Waals surface area contributed by atoms with Crippen molar-refractivity contribution < 1.29 is 14.3 Å². The first-order valence-electron chi connectivity index (χ1n) is 8.43. The first-order valence-corrected chi connectivity index (χ1v) is 8.43. The van der Waals surface area contributed by atoms with E-state index in [0.29, 0.717) is 18.7 Å². The Bertz CT molecular complexity index is 794. The van der Waals surface area contributed by atoms with E-state index in [9.17, 15) is 14.3 Å². The molecule has 1 N–H and O–H groups in total. The lowest BCUT2D eigenvalue weighted by molar-refractivity contribution is -0.144. The molecular weight excluding hydrogens is 329 g/mol. The molecule has 0 aliphatic heterocycles. The van der Waals surface area contributed by atoms with Crippen LogP contribution in [0.1, 0.15) is 22.7 Å². The molecule has 0 bridgehead atoms. The molecule has 4 heteroatoms. The van der Waals surface area contributed by atoms with E-state index in [1.807, 2.05) is 65.6 Å². The van der Waals surface area contributed by atoms with Crippen molar-refractivity contribution in [1.29, 1.82) is 0 Å². The molecule has 0 heterocycles. The van der Waals surface area contributed by atoms with Crippen molar-refractivity contribution in [3.05, 3.63) is 107 Å². The van der Waals surface area contributed by atoms with Gasteiger partial charge >= 0.3 is 5.97 Å². The van der Waals surface area contributed by atoms with E-state index >= 15 is 0 Å². The third-order valence-corrected chi connectivity index (χ3v) is 4.24. The van der Waals surface area contributed by atoms with Gasteiger partial charge in [0.25, 0.3) is 0 Å². The molecule has 3 rings (SSSR count). The predicted octanol–water partition coefficient (Wildman–Crippen LogP) is 4.65. The summed E-state index contributed by atoms with van der Waals surface area (Å²) in [5.41, 5.74) is 2.61. The van der Waals surface area contributed by atoms with E-state index in [1.54, 1.807) is 0 Å². The maximum absolute atomic E-state index is 13.3. The number of rotatable bonds is 7. The highest BCUT2D eigenvalue weighted by molar-refractivity contribution is 5.75. The Morgan fingerprint density at radius 3 is 1.69 bits per heavy atom. The number of carboxylic acid groups (broad SMARTS) is 1. The number of hydrogen-bond acceptors (Lipinski definition) is 2. The standard InChI is InChI=1S/C22H20FNO2/c23-20-13-11-19(12-14-20)21(22(25)26)24(15-17-7-3-1-4-8-17)16-18-9-5-2-6-10-18/h1-14,21H,15-16H2,(H,25,26)/t21-/m1/s1. The molecule has 3 nitrogen and oxygen atoms in total. The van der Waals surface area contributed by atoms with Crippen LogP contribution in [0, 0.1) is 5.82 Å². The molecular formula is C22H20FNO2. The SMILES string of the molecule is O=C(O)[C@@H](c1ccc(F)cc1)N(Cc1ccccc1)Cc1ccccc1. The second-order valence-corrected chi connectivity index (χ2v) is 6.17. The Balaban J connectivity index is 1.95. The zero-order valence-electron chi connectivity index (χ0n) is 14.3. The highest BCUT2D eigenvalue weighted by Gasteiger charge is 2.27. The molecule has 3 aromatic carbocycles. The van der Waals surface area contributed by atoms with Crippen LogP contribution in [0.3, 0.4) is 0 Å². The molecule has 26 heavy (non-hydrogen) atoms. The zero-order chi connectivity index (χ0) is 18.4. The fourth-order valence-electron chi connectivity index (χ4n) is 3.03. The van der Waals surface area contributed by atoms with E-state index < -0.39 is 12.0 Å². The van der Waals surface area contributed by atoms with Crippen molar-refractivity contribution in [3.63, 3.8) is 0 Å². The lowest BCUT2D eigenvalue weighted by Crippen LogP contribution is -2.33. The van der Waals surface area contributed by atoms with Crippen molar-refractivity contribution in [2.24, 2.45) is 0 Å². The van der Waals surface area contributed by atoms with Crippen LogP contribution in [0.4, 0.5) is 4.39 Å². The molecule has 0 aliphatic rings. The van der Waals surface area contributed by atoms with Gasteiger partial charge in [0.15, 0.2) is 0 Å². The monoisotopic (exact) mass is 349 g/mol. The largest absolute Gasteiger partial charge is 0.480 e. The van der Waals surface area contributed by atoms with Crippen LogP contribution >= 0.6 is 0 Å². The summed E-state index contributed by atoms with van der Waals surface area (Å²) >= 11 is 0. The summed E-state index contributed by atoms with van der Waals surface area (Å²) in [6, 6.07) is 24.3. The Kier molecular flexibility index (Phi) is 5.77. The Labute approximate surface area is 152 Å². The number of nitrogens with zero attached hydrogens (tertiary/aromatic N) is 1. The number of carboxylic acids is 1. The lowest BCUT2D eigenvalue weighted by Gasteiger charge is -2.29. The number of carbonyl (C=O) groups is 1. The average molecular weight is 349 g/mol. The maximum Gasteiger partial charge on any atom is 0.325 e. The van der Waals surface area contributed by atoms with Gasteiger partial charge in [0.2, 0.25) is 0 Å². The van der Waals surface area contributed by atoms with Gasteiger partial charge in [-0.15, -0.1) is 0 Å². The molecule has 3 aromatic rings. The van der Waals surface area contributed by atoms with Crippen LogP contribution in [0.15, 0.2) is 84.9 Å². The minimum absolute atomic E-state index is 0.379. The van der Waals surface area contributed by atoms with Gasteiger partial charge in [0, 0.05) is 13.1 Å². The number of halogens is 1. The molecule has 0 fully saturated rings. The topological polar surface area (TPSA) is 40.5 Å². The van der Waals surface area contributed by atoms with Crippen molar-refractivity contribution in [3.8, 4) is 0 Å². The molecule has 0 saturated heterocycles. The van der Waals surface area contributed by atoms with E-state index in [-0.39, 0.29) is 5.82 Å². The van der Waals surface area contributed by atoms with Crippen LogP contribution in [0.25, 0.3) is 0 Å². The summed E-state index contributed by atoms with van der Waals surface area (Å²) in [5, 5.41) is 9.89. The molecule has 0 amide bonds. The van der Waals surface area contributed by atoms with Crippen LogP contribution in [0.2, 0.25) is 0 Å². The number of aliphatic carboxylic acids is 1. The predicted molar refractivity (Wildman–Crippen MR) is 98.9 cm³/mol. The summed E-state index contributed by atoms with van der Waals surface area (Å²) in [4.78, 5) is 14.0. The first-order chi connectivity index (χ1) is 12.6. The van der Waals surface area contributed by atoms with Crippen LogP contribution < -0.4 is 0 Å². The minimum Gasteiger partial charge on any atom is -0.480 e. The van der Waals surface area contributed by atoms with E-state index in [2.05, 4.69) is 0 Å². The van der Waals surface area contributed by atoms with Gasteiger partial charge in [-0.3, -0.25) is 9.69 Å². The molecule has 0 saturated carbocycles. The van der Waals surface area contributed by atoms with Gasteiger partial charge in [-0.2, -0.15) is 0 Å². The van der Waals surface area contributed by atoms with Crippen LogP contribution in [0.5, 0.6) is 0 Å². The van der Waals surface area contributed by atoms with Crippen molar-refractivity contribution in [1.82, 2.24) is 4.90 Å². The van der Waals surface area contributed by atoms with Gasteiger partial charge in [-0.25, -0.2) is 4.39 Å². The quantitative estimate of drug-likeness (QED) is 0.675. The fourth-order valence-corrected chi connectivity index (χ4v) is 3.03. The highest BCUT2D eigenvalue weighted by Crippen LogP contribution is 2.26. The summed E-state index contributed by atoms with van der Waals surface area (Å²) in [6.07, 6.45) is 0. The molecule has 0 aromatic heterocycles. The van der Waals surface area contributed by atoms with Crippen LogP contribution in [-0.4, -0.2) is 16.0 Å². The summed E-state index contributed by atoms with van der Waals surface area (Å²) in [5.74, 6) is -1.33. The molecule has 0 unspecified atom stereocenters. The molecule has 0 aliphatic carbocycles. The van der Waals surface area contributed by atoms with Gasteiger partial charge in [0.1, 0.15) is 11.9 Å².